The molecular weight excluding hydrogens is 184 g/mol. The van der Waals surface area contributed by atoms with E-state index in [4.69, 9.17) is 0 Å². The van der Waals surface area contributed by atoms with E-state index in [0.717, 1.165) is 6.54 Å². The lowest BCUT2D eigenvalue weighted by Gasteiger charge is -2.24. The minimum Gasteiger partial charge on any atom is -0.361 e. The Morgan fingerprint density at radius 1 is 1.13 bits per heavy atom. The molecule has 0 bridgehead atoms. The van der Waals surface area contributed by atoms with Crippen molar-refractivity contribution in [3.05, 3.63) is 36.0 Å². The lowest BCUT2D eigenvalue weighted by atomic mass is 9.96. The first kappa shape index (κ1) is 8.98. The maximum Gasteiger partial charge on any atom is 0.0502 e. The van der Waals surface area contributed by atoms with E-state index in [-0.39, 0.29) is 0 Å². The van der Waals surface area contributed by atoms with Crippen molar-refractivity contribution in [1.29, 1.82) is 0 Å². The van der Waals surface area contributed by atoms with Crippen LogP contribution in [0, 0.1) is 0 Å². The van der Waals surface area contributed by atoms with Gasteiger partial charge in [0.15, 0.2) is 0 Å². The van der Waals surface area contributed by atoms with Crippen LogP contribution in [0.25, 0.3) is 10.9 Å². The average molecular weight is 200 g/mol. The molecule has 2 heterocycles. The van der Waals surface area contributed by atoms with Gasteiger partial charge in [-0.3, -0.25) is 0 Å². The second-order valence-corrected chi connectivity index (χ2v) is 4.29. The molecule has 0 saturated carbocycles. The van der Waals surface area contributed by atoms with Crippen LogP contribution < -0.4 is 5.32 Å². The monoisotopic (exact) mass is 200 g/mol. The molecule has 1 aromatic carbocycles. The summed E-state index contributed by atoms with van der Waals surface area (Å²) in [6, 6.07) is 9.24. The molecule has 1 unspecified atom stereocenters. The zero-order chi connectivity index (χ0) is 10.1. The number of hydrogen-bond donors (Lipinski definition) is 2. The molecule has 2 N–H and O–H groups in total. The summed E-state index contributed by atoms with van der Waals surface area (Å²) in [6.45, 7) is 1.15. The largest absolute Gasteiger partial charge is 0.361 e. The zero-order valence-electron chi connectivity index (χ0n) is 8.79. The van der Waals surface area contributed by atoms with Gasteiger partial charge >= 0.3 is 0 Å². The Hall–Kier alpha value is -1.28. The van der Waals surface area contributed by atoms with Crippen molar-refractivity contribution in [1.82, 2.24) is 10.3 Å². The normalized spacial score (nSPS) is 22.0. The number of para-hydroxylation sites is 1. The zero-order valence-corrected chi connectivity index (χ0v) is 8.79. The summed E-state index contributed by atoms with van der Waals surface area (Å²) in [5.74, 6) is 0. The summed E-state index contributed by atoms with van der Waals surface area (Å²) in [7, 11) is 0. The highest BCUT2D eigenvalue weighted by Crippen LogP contribution is 2.28. The van der Waals surface area contributed by atoms with Gasteiger partial charge in [-0.15, -0.1) is 0 Å². The summed E-state index contributed by atoms with van der Waals surface area (Å²) in [6.07, 6.45) is 5.95. The van der Waals surface area contributed by atoms with Gasteiger partial charge in [0.2, 0.25) is 0 Å². The molecule has 0 radical (unpaired) electrons. The van der Waals surface area contributed by atoms with Crippen LogP contribution in [-0.2, 0) is 0 Å². The summed E-state index contributed by atoms with van der Waals surface area (Å²) >= 11 is 0. The number of rotatable bonds is 1. The molecule has 1 aromatic heterocycles. The molecular formula is C13H16N2. The fraction of sp³-hybridized carbons (Fsp3) is 0.385. The first-order valence-electron chi connectivity index (χ1n) is 5.74. The van der Waals surface area contributed by atoms with Gasteiger partial charge in [0.25, 0.3) is 0 Å². The molecule has 1 fully saturated rings. The van der Waals surface area contributed by atoms with E-state index in [1.54, 1.807) is 0 Å². The first-order valence-corrected chi connectivity index (χ1v) is 5.74. The summed E-state index contributed by atoms with van der Waals surface area (Å²) in [5, 5.41) is 4.92. The third-order valence-corrected chi connectivity index (χ3v) is 3.31. The third kappa shape index (κ3) is 1.55. The SMILES string of the molecule is c1cc(C2CCCCN2)c2[nH]ccc2c1. The molecule has 2 aromatic rings. The number of aromatic nitrogens is 1. The third-order valence-electron chi connectivity index (χ3n) is 3.31. The average Bonchev–Trinajstić information content (AvgIpc) is 2.78. The molecule has 1 atom stereocenters. The fourth-order valence-corrected chi connectivity index (χ4v) is 2.52. The van der Waals surface area contributed by atoms with Crippen molar-refractivity contribution < 1.29 is 0 Å². The number of nitrogens with one attached hydrogen (secondary N) is 2. The van der Waals surface area contributed by atoms with Gasteiger partial charge < -0.3 is 10.3 Å². The van der Waals surface area contributed by atoms with Crippen LogP contribution in [-0.4, -0.2) is 11.5 Å². The molecule has 0 aliphatic carbocycles. The van der Waals surface area contributed by atoms with Crippen LogP contribution in [0.15, 0.2) is 30.5 Å². The number of H-pyrrole nitrogens is 1. The van der Waals surface area contributed by atoms with Gasteiger partial charge in [0.1, 0.15) is 0 Å². The van der Waals surface area contributed by atoms with Gasteiger partial charge in [-0.05, 0) is 36.4 Å². The highest BCUT2D eigenvalue weighted by molar-refractivity contribution is 5.82. The van der Waals surface area contributed by atoms with Crippen molar-refractivity contribution in [3.63, 3.8) is 0 Å². The van der Waals surface area contributed by atoms with Crippen LogP contribution in [0.1, 0.15) is 30.9 Å². The molecule has 78 valence electrons. The van der Waals surface area contributed by atoms with E-state index in [0.29, 0.717) is 6.04 Å². The Morgan fingerprint density at radius 3 is 3.00 bits per heavy atom. The second kappa shape index (κ2) is 3.70. The quantitative estimate of drug-likeness (QED) is 0.727. The Balaban J connectivity index is 2.05. The number of aromatic amines is 1. The lowest BCUT2D eigenvalue weighted by molar-refractivity contribution is 0.414. The van der Waals surface area contributed by atoms with Crippen LogP contribution in [0.4, 0.5) is 0 Å². The van der Waals surface area contributed by atoms with Crippen molar-refractivity contribution in [2.24, 2.45) is 0 Å². The number of benzene rings is 1. The maximum absolute atomic E-state index is 3.60. The predicted octanol–water partition coefficient (Wildman–Crippen LogP) is 2.98. The topological polar surface area (TPSA) is 27.8 Å². The lowest BCUT2D eigenvalue weighted by Crippen LogP contribution is -2.26. The Labute approximate surface area is 89.7 Å². The number of piperidine rings is 1. The second-order valence-electron chi connectivity index (χ2n) is 4.29. The molecule has 2 heteroatoms. The van der Waals surface area contributed by atoms with Crippen molar-refractivity contribution in [2.45, 2.75) is 25.3 Å². The first-order chi connectivity index (χ1) is 7.45. The van der Waals surface area contributed by atoms with Gasteiger partial charge in [0.05, 0.1) is 5.52 Å². The minimum atomic E-state index is 0.543. The van der Waals surface area contributed by atoms with E-state index in [2.05, 4.69) is 34.6 Å². The van der Waals surface area contributed by atoms with Crippen LogP contribution in [0.5, 0.6) is 0 Å². The van der Waals surface area contributed by atoms with E-state index in [1.165, 1.54) is 35.7 Å². The molecule has 15 heavy (non-hydrogen) atoms. The van der Waals surface area contributed by atoms with E-state index in [1.807, 2.05) is 6.20 Å². The smallest absolute Gasteiger partial charge is 0.0502 e. The molecule has 0 spiro atoms. The van der Waals surface area contributed by atoms with Gasteiger partial charge in [-0.1, -0.05) is 24.6 Å². The van der Waals surface area contributed by atoms with E-state index >= 15 is 0 Å². The molecule has 1 saturated heterocycles. The van der Waals surface area contributed by atoms with Gasteiger partial charge in [0, 0.05) is 12.2 Å². The molecule has 0 amide bonds. The van der Waals surface area contributed by atoms with Crippen molar-refractivity contribution in [2.75, 3.05) is 6.54 Å². The Bertz CT molecular complexity index is 452. The number of fused-ring (bicyclic) bond motifs is 1. The number of hydrogen-bond acceptors (Lipinski definition) is 1. The van der Waals surface area contributed by atoms with Crippen molar-refractivity contribution >= 4 is 10.9 Å². The molecule has 3 rings (SSSR count). The van der Waals surface area contributed by atoms with E-state index < -0.39 is 0 Å². The summed E-state index contributed by atoms with van der Waals surface area (Å²) in [4.78, 5) is 3.35. The highest BCUT2D eigenvalue weighted by atomic mass is 14.9. The molecule has 1 aliphatic heterocycles. The van der Waals surface area contributed by atoms with Crippen molar-refractivity contribution in [3.8, 4) is 0 Å². The summed E-state index contributed by atoms with van der Waals surface area (Å²) < 4.78 is 0. The van der Waals surface area contributed by atoms with Crippen LogP contribution in [0.2, 0.25) is 0 Å². The van der Waals surface area contributed by atoms with E-state index in [9.17, 15) is 0 Å². The molecule has 2 nitrogen and oxygen atoms in total. The predicted molar refractivity (Wildman–Crippen MR) is 62.9 cm³/mol. The van der Waals surface area contributed by atoms with Gasteiger partial charge in [-0.25, -0.2) is 0 Å². The fourth-order valence-electron chi connectivity index (χ4n) is 2.52. The highest BCUT2D eigenvalue weighted by Gasteiger charge is 2.16. The van der Waals surface area contributed by atoms with Crippen LogP contribution in [0.3, 0.4) is 0 Å². The summed E-state index contributed by atoms with van der Waals surface area (Å²) in [5.41, 5.74) is 2.73. The standard InChI is InChI=1S/C13H16N2/c1-2-8-14-12(6-1)11-5-3-4-10-7-9-15-13(10)11/h3-5,7,9,12,14-15H,1-2,6,8H2. The van der Waals surface area contributed by atoms with Gasteiger partial charge in [-0.2, -0.15) is 0 Å². The maximum atomic E-state index is 3.60. The Kier molecular flexibility index (Phi) is 2.22. The molecule has 1 aliphatic rings. The minimum absolute atomic E-state index is 0.543. The van der Waals surface area contributed by atoms with Crippen LogP contribution >= 0.6 is 0 Å². The Morgan fingerprint density at radius 2 is 2.13 bits per heavy atom.